The first-order valence-electron chi connectivity index (χ1n) is 6.20. The second kappa shape index (κ2) is 4.37. The lowest BCUT2D eigenvalue weighted by Gasteiger charge is -2.30. The fourth-order valence-corrected chi connectivity index (χ4v) is 5.27. The summed E-state index contributed by atoms with van der Waals surface area (Å²) in [7, 11) is -2.94. The fraction of sp³-hybridized carbons (Fsp3) is 0.667. The summed E-state index contributed by atoms with van der Waals surface area (Å²) < 4.78 is 25.9. The Balaban J connectivity index is 1.64. The molecule has 0 amide bonds. The van der Waals surface area contributed by atoms with Gasteiger partial charge in [-0.1, -0.05) is 6.07 Å². The van der Waals surface area contributed by atoms with E-state index in [9.17, 15) is 8.42 Å². The summed E-state index contributed by atoms with van der Waals surface area (Å²) in [6, 6.07) is 4.24. The number of piperidine rings is 1. The molecule has 3 nitrogen and oxygen atoms in total. The molecule has 1 aromatic rings. The van der Waals surface area contributed by atoms with E-state index in [2.05, 4.69) is 17.5 Å². The van der Waals surface area contributed by atoms with E-state index < -0.39 is 10.0 Å². The summed E-state index contributed by atoms with van der Waals surface area (Å²) in [6.07, 6.45) is 3.69. The molecule has 0 spiro atoms. The van der Waals surface area contributed by atoms with Crippen LogP contribution in [-0.4, -0.2) is 31.1 Å². The first-order valence-corrected chi connectivity index (χ1v) is 8.58. The van der Waals surface area contributed by atoms with Crippen molar-refractivity contribution in [1.29, 1.82) is 0 Å². The molecule has 1 saturated heterocycles. The number of sulfonamides is 1. The molecule has 2 fully saturated rings. The molecular formula is C12H17NO2S2. The van der Waals surface area contributed by atoms with E-state index in [4.69, 9.17) is 0 Å². The second-order valence-corrected chi connectivity index (χ2v) is 8.13. The molecular weight excluding hydrogens is 254 g/mol. The first kappa shape index (κ1) is 11.7. The summed E-state index contributed by atoms with van der Waals surface area (Å²) in [6.45, 7) is 1.42. The van der Waals surface area contributed by atoms with Crippen molar-refractivity contribution in [2.45, 2.75) is 36.9 Å². The first-order chi connectivity index (χ1) is 8.18. The highest BCUT2D eigenvalue weighted by atomic mass is 32.2. The van der Waals surface area contributed by atoms with Crippen LogP contribution >= 0.6 is 11.3 Å². The van der Waals surface area contributed by atoms with E-state index in [1.54, 1.807) is 15.6 Å². The third-order valence-electron chi connectivity index (χ3n) is 3.70. The highest BCUT2D eigenvalue weighted by Crippen LogP contribution is 2.36. The molecule has 0 unspecified atom stereocenters. The van der Waals surface area contributed by atoms with E-state index in [-0.39, 0.29) is 5.25 Å². The standard InChI is InChI=1S/C12H17NO2S2/c14-17(15,11-3-4-11)13-7-5-10(6-8-13)12-2-1-9-16-12/h1-2,9-11H,3-8H2. The molecule has 94 valence electrons. The van der Waals surface area contributed by atoms with Gasteiger partial charge in [-0.15, -0.1) is 11.3 Å². The quantitative estimate of drug-likeness (QED) is 0.846. The van der Waals surface area contributed by atoms with Crippen LogP contribution in [0.25, 0.3) is 0 Å². The minimum Gasteiger partial charge on any atom is -0.212 e. The van der Waals surface area contributed by atoms with Crippen LogP contribution in [0.15, 0.2) is 17.5 Å². The van der Waals surface area contributed by atoms with Crippen LogP contribution in [0.1, 0.15) is 36.5 Å². The third-order valence-corrected chi connectivity index (χ3v) is 7.14. The minimum atomic E-state index is -2.94. The average Bonchev–Trinajstić information content (AvgIpc) is 3.07. The number of hydrogen-bond donors (Lipinski definition) is 0. The maximum atomic E-state index is 12.1. The Morgan fingerprint density at radius 1 is 1.18 bits per heavy atom. The van der Waals surface area contributed by atoms with Gasteiger partial charge in [-0.05, 0) is 43.0 Å². The van der Waals surface area contributed by atoms with Crippen LogP contribution in [-0.2, 0) is 10.0 Å². The largest absolute Gasteiger partial charge is 0.216 e. The molecule has 2 aliphatic rings. The summed E-state index contributed by atoms with van der Waals surface area (Å²) in [4.78, 5) is 1.41. The Bertz CT molecular complexity index is 469. The second-order valence-electron chi connectivity index (χ2n) is 4.93. The van der Waals surface area contributed by atoms with Gasteiger partial charge in [0.05, 0.1) is 5.25 Å². The van der Waals surface area contributed by atoms with Gasteiger partial charge in [0.2, 0.25) is 10.0 Å². The van der Waals surface area contributed by atoms with E-state index in [1.165, 1.54) is 4.88 Å². The number of thiophene rings is 1. The smallest absolute Gasteiger partial charge is 0.212 e. The number of nitrogens with zero attached hydrogens (tertiary/aromatic N) is 1. The van der Waals surface area contributed by atoms with E-state index >= 15 is 0 Å². The van der Waals surface area contributed by atoms with Crippen molar-refractivity contribution < 1.29 is 8.42 Å². The van der Waals surface area contributed by atoms with Crippen LogP contribution in [0.4, 0.5) is 0 Å². The van der Waals surface area contributed by atoms with Gasteiger partial charge in [-0.2, -0.15) is 0 Å². The van der Waals surface area contributed by atoms with Crippen LogP contribution in [0.5, 0.6) is 0 Å². The highest BCUT2D eigenvalue weighted by Gasteiger charge is 2.41. The molecule has 3 rings (SSSR count). The lowest BCUT2D eigenvalue weighted by molar-refractivity contribution is 0.321. The predicted molar refractivity (Wildman–Crippen MR) is 69.8 cm³/mol. The van der Waals surface area contributed by atoms with E-state index in [0.717, 1.165) is 25.7 Å². The predicted octanol–water partition coefficient (Wildman–Crippen LogP) is 2.42. The monoisotopic (exact) mass is 271 g/mol. The van der Waals surface area contributed by atoms with Crippen LogP contribution in [0.3, 0.4) is 0 Å². The van der Waals surface area contributed by atoms with Crippen molar-refractivity contribution in [1.82, 2.24) is 4.31 Å². The summed E-state index contributed by atoms with van der Waals surface area (Å²) in [5.41, 5.74) is 0. The van der Waals surface area contributed by atoms with Crippen molar-refractivity contribution >= 4 is 21.4 Å². The van der Waals surface area contributed by atoms with E-state index in [1.807, 2.05) is 0 Å². The molecule has 17 heavy (non-hydrogen) atoms. The molecule has 1 aromatic heterocycles. The van der Waals surface area contributed by atoms with Gasteiger partial charge in [-0.25, -0.2) is 12.7 Å². The molecule has 0 aromatic carbocycles. The maximum Gasteiger partial charge on any atom is 0.216 e. The maximum absolute atomic E-state index is 12.1. The SMILES string of the molecule is O=S(=O)(C1CC1)N1CCC(c2cccs2)CC1. The Morgan fingerprint density at radius 2 is 1.88 bits per heavy atom. The van der Waals surface area contributed by atoms with Crippen molar-refractivity contribution in [2.75, 3.05) is 13.1 Å². The molecule has 1 aliphatic carbocycles. The van der Waals surface area contributed by atoms with Gasteiger partial charge in [0, 0.05) is 18.0 Å². The van der Waals surface area contributed by atoms with Crippen molar-refractivity contribution in [3.63, 3.8) is 0 Å². The lowest BCUT2D eigenvalue weighted by atomic mass is 9.97. The van der Waals surface area contributed by atoms with Gasteiger partial charge in [0.15, 0.2) is 0 Å². The van der Waals surface area contributed by atoms with Crippen LogP contribution in [0.2, 0.25) is 0 Å². The summed E-state index contributed by atoms with van der Waals surface area (Å²) >= 11 is 1.79. The Labute approximate surface area is 107 Å². The average molecular weight is 271 g/mol. The molecule has 1 aliphatic heterocycles. The Morgan fingerprint density at radius 3 is 2.41 bits per heavy atom. The Kier molecular flexibility index (Phi) is 3.00. The van der Waals surface area contributed by atoms with Gasteiger partial charge in [0.1, 0.15) is 0 Å². The lowest BCUT2D eigenvalue weighted by Crippen LogP contribution is -2.39. The topological polar surface area (TPSA) is 37.4 Å². The Hall–Kier alpha value is -0.390. The van der Waals surface area contributed by atoms with Crippen molar-refractivity contribution in [3.05, 3.63) is 22.4 Å². The molecule has 1 saturated carbocycles. The molecule has 0 atom stereocenters. The third kappa shape index (κ3) is 2.28. The minimum absolute atomic E-state index is 0.0548. The van der Waals surface area contributed by atoms with Crippen LogP contribution < -0.4 is 0 Å². The van der Waals surface area contributed by atoms with Crippen molar-refractivity contribution in [3.8, 4) is 0 Å². The molecule has 0 bridgehead atoms. The molecule has 2 heterocycles. The van der Waals surface area contributed by atoms with Gasteiger partial charge in [0.25, 0.3) is 0 Å². The molecule has 5 heteroatoms. The fourth-order valence-electron chi connectivity index (χ4n) is 2.50. The molecule has 0 radical (unpaired) electrons. The van der Waals surface area contributed by atoms with Gasteiger partial charge >= 0.3 is 0 Å². The number of hydrogen-bond acceptors (Lipinski definition) is 3. The summed E-state index contributed by atoms with van der Waals surface area (Å²) in [5, 5.41) is 2.05. The van der Waals surface area contributed by atoms with Crippen molar-refractivity contribution in [2.24, 2.45) is 0 Å². The van der Waals surface area contributed by atoms with Crippen LogP contribution in [0, 0.1) is 0 Å². The molecule has 0 N–H and O–H groups in total. The zero-order valence-corrected chi connectivity index (χ0v) is 11.3. The van der Waals surface area contributed by atoms with Gasteiger partial charge < -0.3 is 0 Å². The summed E-state index contributed by atoms with van der Waals surface area (Å²) in [5.74, 6) is 0.570. The number of rotatable bonds is 3. The zero-order chi connectivity index (χ0) is 11.9. The van der Waals surface area contributed by atoms with E-state index in [0.29, 0.717) is 19.0 Å². The van der Waals surface area contributed by atoms with Gasteiger partial charge in [-0.3, -0.25) is 0 Å². The highest BCUT2D eigenvalue weighted by molar-refractivity contribution is 7.90. The normalized spacial score (nSPS) is 24.0. The zero-order valence-electron chi connectivity index (χ0n) is 9.71.